The second kappa shape index (κ2) is 6.09. The predicted octanol–water partition coefficient (Wildman–Crippen LogP) is 3.34. The Kier molecular flexibility index (Phi) is 4.02. The highest BCUT2D eigenvalue weighted by molar-refractivity contribution is 5.36. The zero-order valence-electron chi connectivity index (χ0n) is 11.9. The smallest absolute Gasteiger partial charge is 0.165 e. The van der Waals surface area contributed by atoms with E-state index in [0.29, 0.717) is 6.04 Å². The summed E-state index contributed by atoms with van der Waals surface area (Å²) in [6.07, 6.45) is 7.40. The molecule has 0 saturated heterocycles. The Labute approximate surface area is 119 Å². The van der Waals surface area contributed by atoms with E-state index in [9.17, 15) is 0 Å². The molecule has 106 valence electrons. The largest absolute Gasteiger partial charge is 0.454 e. The summed E-state index contributed by atoms with van der Waals surface area (Å²) in [4.78, 5) is 0. The summed E-state index contributed by atoms with van der Waals surface area (Å²) in [6, 6.07) is 8.89. The number of rotatable bonds is 7. The number of ether oxygens (including phenoxy) is 1. The van der Waals surface area contributed by atoms with E-state index in [2.05, 4.69) is 29.5 Å². The summed E-state index contributed by atoms with van der Waals surface area (Å²) in [5, 5.41) is 7.82. The van der Waals surface area contributed by atoms with Crippen molar-refractivity contribution in [1.29, 1.82) is 0 Å². The molecule has 0 radical (unpaired) electrons. The zero-order valence-corrected chi connectivity index (χ0v) is 11.9. The van der Waals surface area contributed by atoms with E-state index in [0.717, 1.165) is 31.0 Å². The molecule has 1 aliphatic carbocycles. The van der Waals surface area contributed by atoms with Crippen LogP contribution in [-0.4, -0.2) is 15.8 Å². The summed E-state index contributed by atoms with van der Waals surface area (Å²) in [6.45, 7) is 3.93. The van der Waals surface area contributed by atoms with Gasteiger partial charge in [-0.25, -0.2) is 0 Å². The van der Waals surface area contributed by atoms with Gasteiger partial charge in [-0.1, -0.05) is 25.1 Å². The highest BCUT2D eigenvalue weighted by Gasteiger charge is 2.20. The number of aromatic nitrogens is 2. The molecule has 1 heterocycles. The molecular formula is C16H21N3O. The first kappa shape index (κ1) is 13.2. The van der Waals surface area contributed by atoms with Crippen molar-refractivity contribution in [3.05, 3.63) is 42.2 Å². The van der Waals surface area contributed by atoms with Crippen molar-refractivity contribution in [3.8, 4) is 11.5 Å². The molecule has 2 aromatic rings. The lowest BCUT2D eigenvalue weighted by atomic mass is 10.2. The van der Waals surface area contributed by atoms with Crippen LogP contribution in [0.3, 0.4) is 0 Å². The van der Waals surface area contributed by atoms with Gasteiger partial charge in [0.1, 0.15) is 5.75 Å². The molecule has 1 fully saturated rings. The quantitative estimate of drug-likeness (QED) is 0.839. The third-order valence-corrected chi connectivity index (χ3v) is 3.42. The zero-order chi connectivity index (χ0) is 13.8. The molecule has 4 heteroatoms. The molecule has 0 spiro atoms. The lowest BCUT2D eigenvalue weighted by Crippen LogP contribution is -2.15. The van der Waals surface area contributed by atoms with Gasteiger partial charge in [0.2, 0.25) is 0 Å². The average molecular weight is 271 g/mol. The molecule has 1 saturated carbocycles. The minimum Gasteiger partial charge on any atom is -0.454 e. The standard InChI is InChI=1S/C16H21N3O/c1-2-9-19-12-15(11-18-19)20-16-6-4-3-5-13(16)10-17-14-7-8-14/h3-6,11-12,14,17H,2,7-10H2,1H3. The lowest BCUT2D eigenvalue weighted by molar-refractivity contribution is 0.470. The number of para-hydroxylation sites is 1. The lowest BCUT2D eigenvalue weighted by Gasteiger charge is -2.10. The summed E-state index contributed by atoms with van der Waals surface area (Å²) in [5.41, 5.74) is 1.20. The minimum absolute atomic E-state index is 0.704. The van der Waals surface area contributed by atoms with Gasteiger partial charge in [-0.3, -0.25) is 4.68 Å². The number of hydrogen-bond donors (Lipinski definition) is 1. The van der Waals surface area contributed by atoms with Gasteiger partial charge in [-0.15, -0.1) is 0 Å². The Balaban J connectivity index is 1.68. The van der Waals surface area contributed by atoms with Crippen LogP contribution >= 0.6 is 0 Å². The van der Waals surface area contributed by atoms with Crippen LogP contribution < -0.4 is 10.1 Å². The SMILES string of the molecule is CCCn1cc(Oc2ccccc2CNC2CC2)cn1. The van der Waals surface area contributed by atoms with E-state index in [1.54, 1.807) is 6.20 Å². The highest BCUT2D eigenvalue weighted by atomic mass is 16.5. The van der Waals surface area contributed by atoms with Crippen LogP contribution in [0.1, 0.15) is 31.7 Å². The first-order valence-electron chi connectivity index (χ1n) is 7.36. The Morgan fingerprint density at radius 2 is 2.20 bits per heavy atom. The van der Waals surface area contributed by atoms with Crippen molar-refractivity contribution in [3.63, 3.8) is 0 Å². The van der Waals surface area contributed by atoms with Gasteiger partial charge in [0.25, 0.3) is 0 Å². The molecule has 0 aliphatic heterocycles. The number of hydrogen-bond acceptors (Lipinski definition) is 3. The van der Waals surface area contributed by atoms with Gasteiger partial charge in [-0.05, 0) is 25.3 Å². The minimum atomic E-state index is 0.704. The van der Waals surface area contributed by atoms with Crippen molar-refractivity contribution in [2.75, 3.05) is 0 Å². The molecule has 1 aromatic carbocycles. The topological polar surface area (TPSA) is 39.1 Å². The fourth-order valence-electron chi connectivity index (χ4n) is 2.17. The molecule has 4 nitrogen and oxygen atoms in total. The van der Waals surface area contributed by atoms with E-state index in [1.165, 1.54) is 18.4 Å². The van der Waals surface area contributed by atoms with Gasteiger partial charge in [0.05, 0.1) is 12.4 Å². The number of nitrogens with zero attached hydrogens (tertiary/aromatic N) is 2. The van der Waals surface area contributed by atoms with Gasteiger partial charge >= 0.3 is 0 Å². The molecule has 0 bridgehead atoms. The molecule has 20 heavy (non-hydrogen) atoms. The van der Waals surface area contributed by atoms with Gasteiger partial charge in [0.15, 0.2) is 5.75 Å². The first-order valence-corrected chi connectivity index (χ1v) is 7.36. The van der Waals surface area contributed by atoms with Crippen LogP contribution in [0, 0.1) is 0 Å². The molecule has 1 aromatic heterocycles. The van der Waals surface area contributed by atoms with E-state index in [-0.39, 0.29) is 0 Å². The molecule has 0 amide bonds. The Bertz CT molecular complexity index is 560. The highest BCUT2D eigenvalue weighted by Crippen LogP contribution is 2.26. The van der Waals surface area contributed by atoms with E-state index >= 15 is 0 Å². The summed E-state index contributed by atoms with van der Waals surface area (Å²) >= 11 is 0. The molecule has 1 aliphatic rings. The normalized spacial score (nSPS) is 14.4. The number of aryl methyl sites for hydroxylation is 1. The van der Waals surface area contributed by atoms with Crippen LogP contribution in [-0.2, 0) is 13.1 Å². The number of benzene rings is 1. The van der Waals surface area contributed by atoms with E-state index < -0.39 is 0 Å². The van der Waals surface area contributed by atoms with Crippen LogP contribution in [0.2, 0.25) is 0 Å². The maximum absolute atomic E-state index is 5.97. The van der Waals surface area contributed by atoms with Gasteiger partial charge in [-0.2, -0.15) is 5.10 Å². The molecule has 1 N–H and O–H groups in total. The van der Waals surface area contributed by atoms with Crippen LogP contribution in [0.25, 0.3) is 0 Å². The Morgan fingerprint density at radius 3 is 3.00 bits per heavy atom. The molecule has 0 atom stereocenters. The Morgan fingerprint density at radius 1 is 1.35 bits per heavy atom. The van der Waals surface area contributed by atoms with Crippen molar-refractivity contribution in [2.45, 2.75) is 45.3 Å². The van der Waals surface area contributed by atoms with Crippen molar-refractivity contribution in [1.82, 2.24) is 15.1 Å². The molecular weight excluding hydrogens is 250 g/mol. The third kappa shape index (κ3) is 3.39. The molecule has 3 rings (SSSR count). The number of nitrogens with one attached hydrogen (secondary N) is 1. The maximum Gasteiger partial charge on any atom is 0.165 e. The van der Waals surface area contributed by atoms with Crippen molar-refractivity contribution < 1.29 is 4.74 Å². The van der Waals surface area contributed by atoms with Gasteiger partial charge < -0.3 is 10.1 Å². The summed E-state index contributed by atoms with van der Waals surface area (Å²) in [7, 11) is 0. The summed E-state index contributed by atoms with van der Waals surface area (Å²) < 4.78 is 7.88. The fraction of sp³-hybridized carbons (Fsp3) is 0.438. The molecule has 0 unspecified atom stereocenters. The first-order chi connectivity index (χ1) is 9.85. The van der Waals surface area contributed by atoms with E-state index in [4.69, 9.17) is 4.74 Å². The van der Waals surface area contributed by atoms with Crippen molar-refractivity contribution >= 4 is 0 Å². The summed E-state index contributed by atoms with van der Waals surface area (Å²) in [5.74, 6) is 1.72. The van der Waals surface area contributed by atoms with Gasteiger partial charge in [0, 0.05) is 24.7 Å². The monoisotopic (exact) mass is 271 g/mol. The maximum atomic E-state index is 5.97. The fourth-order valence-corrected chi connectivity index (χ4v) is 2.17. The van der Waals surface area contributed by atoms with Crippen LogP contribution in [0.5, 0.6) is 11.5 Å². The van der Waals surface area contributed by atoms with Crippen LogP contribution in [0.4, 0.5) is 0 Å². The predicted molar refractivity (Wildman–Crippen MR) is 78.9 cm³/mol. The average Bonchev–Trinajstić information content (AvgIpc) is 3.19. The van der Waals surface area contributed by atoms with Crippen LogP contribution in [0.15, 0.2) is 36.7 Å². The second-order valence-electron chi connectivity index (χ2n) is 5.30. The van der Waals surface area contributed by atoms with E-state index in [1.807, 2.05) is 23.0 Å². The second-order valence-corrected chi connectivity index (χ2v) is 5.30. The Hall–Kier alpha value is -1.81. The third-order valence-electron chi connectivity index (χ3n) is 3.42. The van der Waals surface area contributed by atoms with Crippen molar-refractivity contribution in [2.24, 2.45) is 0 Å².